The van der Waals surface area contributed by atoms with Gasteiger partial charge in [0.1, 0.15) is 12.6 Å². The highest BCUT2D eigenvalue weighted by molar-refractivity contribution is 5.86. The SMILES string of the molecule is C=CCC(NC(=O)OCC1c2ccccc2-c2ccccc21)C(=O)N1CC(CC(=O)O)C1. The third kappa shape index (κ3) is 4.37. The number of likely N-dealkylation sites (tertiary alicyclic amines) is 1. The molecule has 0 radical (unpaired) electrons. The Balaban J connectivity index is 1.36. The minimum Gasteiger partial charge on any atom is -0.481 e. The molecule has 0 spiro atoms. The summed E-state index contributed by atoms with van der Waals surface area (Å²) in [5.74, 6) is -1.23. The van der Waals surface area contributed by atoms with Crippen molar-refractivity contribution in [1.82, 2.24) is 10.2 Å². The molecule has 7 nitrogen and oxygen atoms in total. The summed E-state index contributed by atoms with van der Waals surface area (Å²) in [6.07, 6.45) is 1.22. The summed E-state index contributed by atoms with van der Waals surface area (Å²) in [6.45, 7) is 4.59. The zero-order chi connectivity index (χ0) is 22.7. The summed E-state index contributed by atoms with van der Waals surface area (Å²) in [5, 5.41) is 11.5. The van der Waals surface area contributed by atoms with Crippen molar-refractivity contribution in [2.45, 2.75) is 24.8 Å². The fourth-order valence-corrected chi connectivity index (χ4v) is 4.52. The standard InChI is InChI=1S/C25H26N2O5/c1-2-7-22(24(30)27-13-16(14-27)12-23(28)29)26-25(31)32-15-21-19-10-5-3-8-17(19)18-9-4-6-11-20(18)21/h2-6,8-11,16,21-22H,1,7,12-15H2,(H,26,31)(H,28,29). The van der Waals surface area contributed by atoms with Crippen molar-refractivity contribution in [3.63, 3.8) is 0 Å². The second-order valence-corrected chi connectivity index (χ2v) is 8.25. The molecule has 166 valence electrons. The first kappa shape index (κ1) is 21.6. The van der Waals surface area contributed by atoms with Crippen molar-refractivity contribution in [2.75, 3.05) is 19.7 Å². The van der Waals surface area contributed by atoms with Gasteiger partial charge in [-0.1, -0.05) is 54.6 Å². The highest BCUT2D eigenvalue weighted by Gasteiger charge is 2.36. The molecule has 1 saturated heterocycles. The molecule has 7 heteroatoms. The van der Waals surface area contributed by atoms with E-state index in [9.17, 15) is 14.4 Å². The second kappa shape index (κ2) is 9.26. The van der Waals surface area contributed by atoms with Crippen molar-refractivity contribution in [3.05, 3.63) is 72.3 Å². The van der Waals surface area contributed by atoms with Crippen LogP contribution in [-0.4, -0.2) is 53.7 Å². The molecule has 2 amide bonds. The van der Waals surface area contributed by atoms with E-state index in [1.165, 1.54) is 0 Å². The number of nitrogens with one attached hydrogen (secondary N) is 1. The number of fused-ring (bicyclic) bond motifs is 3. The first-order valence-electron chi connectivity index (χ1n) is 10.7. The van der Waals surface area contributed by atoms with Crippen LogP contribution in [0.25, 0.3) is 11.1 Å². The monoisotopic (exact) mass is 434 g/mol. The van der Waals surface area contributed by atoms with Gasteiger partial charge >= 0.3 is 12.1 Å². The van der Waals surface area contributed by atoms with E-state index in [2.05, 4.69) is 24.0 Å². The van der Waals surface area contributed by atoms with E-state index < -0.39 is 18.1 Å². The maximum atomic E-state index is 12.7. The van der Waals surface area contributed by atoms with E-state index in [0.717, 1.165) is 22.3 Å². The number of aliphatic carboxylic acids is 1. The number of carboxylic acids is 1. The molecule has 0 aromatic heterocycles. The van der Waals surface area contributed by atoms with Crippen LogP contribution in [0.15, 0.2) is 61.2 Å². The lowest BCUT2D eigenvalue weighted by molar-refractivity contribution is -0.146. The molecule has 0 saturated carbocycles. The average Bonchev–Trinajstić information content (AvgIpc) is 3.07. The third-order valence-corrected chi connectivity index (χ3v) is 6.07. The predicted molar refractivity (Wildman–Crippen MR) is 119 cm³/mol. The molecule has 1 heterocycles. The normalized spacial score (nSPS) is 15.8. The molecule has 4 rings (SSSR count). The molecular formula is C25H26N2O5. The van der Waals surface area contributed by atoms with Crippen molar-refractivity contribution in [3.8, 4) is 11.1 Å². The van der Waals surface area contributed by atoms with Gasteiger partial charge in [-0.3, -0.25) is 9.59 Å². The predicted octanol–water partition coefficient (Wildman–Crippen LogP) is 3.40. The Kier molecular flexibility index (Phi) is 6.25. The minimum atomic E-state index is -0.874. The number of alkyl carbamates (subject to hydrolysis) is 1. The lowest BCUT2D eigenvalue weighted by Gasteiger charge is -2.40. The summed E-state index contributed by atoms with van der Waals surface area (Å²) in [7, 11) is 0. The van der Waals surface area contributed by atoms with Gasteiger partial charge in [0.05, 0.1) is 6.42 Å². The second-order valence-electron chi connectivity index (χ2n) is 8.25. The van der Waals surface area contributed by atoms with Gasteiger partial charge in [-0.2, -0.15) is 0 Å². The highest BCUT2D eigenvalue weighted by Crippen LogP contribution is 2.44. The molecule has 0 bridgehead atoms. The van der Waals surface area contributed by atoms with Gasteiger partial charge < -0.3 is 20.1 Å². The Hall–Kier alpha value is -3.61. The number of nitrogens with zero attached hydrogens (tertiary/aromatic N) is 1. The Morgan fingerprint density at radius 2 is 1.69 bits per heavy atom. The van der Waals surface area contributed by atoms with Gasteiger partial charge in [0.2, 0.25) is 5.91 Å². The molecule has 2 aromatic carbocycles. The number of carbonyl (C=O) groups excluding carboxylic acids is 2. The number of amides is 2. The van der Waals surface area contributed by atoms with Crippen LogP contribution < -0.4 is 5.32 Å². The van der Waals surface area contributed by atoms with Gasteiger partial charge in [0, 0.05) is 24.9 Å². The lowest BCUT2D eigenvalue weighted by Crippen LogP contribution is -2.57. The van der Waals surface area contributed by atoms with Gasteiger partial charge in [-0.05, 0) is 28.7 Å². The average molecular weight is 434 g/mol. The molecule has 2 N–H and O–H groups in total. The van der Waals surface area contributed by atoms with E-state index in [4.69, 9.17) is 9.84 Å². The molecule has 2 aliphatic rings. The van der Waals surface area contributed by atoms with Crippen molar-refractivity contribution in [1.29, 1.82) is 0 Å². The van der Waals surface area contributed by atoms with Crippen molar-refractivity contribution in [2.24, 2.45) is 5.92 Å². The van der Waals surface area contributed by atoms with Gasteiger partial charge in [-0.25, -0.2) is 4.79 Å². The van der Waals surface area contributed by atoms with Crippen LogP contribution in [0, 0.1) is 5.92 Å². The maximum Gasteiger partial charge on any atom is 0.407 e. The van der Waals surface area contributed by atoms with Gasteiger partial charge in [0.15, 0.2) is 0 Å². The molecule has 32 heavy (non-hydrogen) atoms. The number of carboxylic acid groups (broad SMARTS) is 1. The quantitative estimate of drug-likeness (QED) is 0.621. The number of ether oxygens (including phenoxy) is 1. The van der Waals surface area contributed by atoms with Crippen LogP contribution in [-0.2, 0) is 14.3 Å². The number of carbonyl (C=O) groups is 3. The molecular weight excluding hydrogens is 408 g/mol. The van der Waals surface area contributed by atoms with E-state index >= 15 is 0 Å². The van der Waals surface area contributed by atoms with Crippen LogP contribution in [0.3, 0.4) is 0 Å². The van der Waals surface area contributed by atoms with Crippen LogP contribution >= 0.6 is 0 Å². The van der Waals surface area contributed by atoms with Gasteiger partial charge in [-0.15, -0.1) is 6.58 Å². The number of benzene rings is 2. The smallest absolute Gasteiger partial charge is 0.407 e. The first-order valence-corrected chi connectivity index (χ1v) is 10.7. The van der Waals surface area contributed by atoms with Gasteiger partial charge in [0.25, 0.3) is 0 Å². The minimum absolute atomic E-state index is 0.0374. The first-order chi connectivity index (χ1) is 15.5. The molecule has 1 aliphatic carbocycles. The molecule has 1 fully saturated rings. The van der Waals surface area contributed by atoms with E-state index in [1.54, 1.807) is 11.0 Å². The number of hydrogen-bond donors (Lipinski definition) is 2. The molecule has 1 aliphatic heterocycles. The zero-order valence-corrected chi connectivity index (χ0v) is 17.7. The Bertz CT molecular complexity index is 999. The Morgan fingerprint density at radius 1 is 1.09 bits per heavy atom. The summed E-state index contributed by atoms with van der Waals surface area (Å²) in [4.78, 5) is 37.6. The number of rotatable bonds is 8. The largest absolute Gasteiger partial charge is 0.481 e. The maximum absolute atomic E-state index is 12.7. The summed E-state index contributed by atoms with van der Waals surface area (Å²) < 4.78 is 5.54. The third-order valence-electron chi connectivity index (χ3n) is 6.07. The molecule has 1 atom stereocenters. The summed E-state index contributed by atoms with van der Waals surface area (Å²) in [6, 6.07) is 15.4. The molecule has 2 aromatic rings. The van der Waals surface area contributed by atoms with Crippen LogP contribution in [0.1, 0.15) is 29.9 Å². The topological polar surface area (TPSA) is 95.9 Å². The Morgan fingerprint density at radius 3 is 2.25 bits per heavy atom. The molecule has 1 unspecified atom stereocenters. The van der Waals surface area contributed by atoms with Crippen LogP contribution in [0.4, 0.5) is 4.79 Å². The van der Waals surface area contributed by atoms with E-state index in [0.29, 0.717) is 13.1 Å². The van der Waals surface area contributed by atoms with Crippen molar-refractivity contribution >= 4 is 18.0 Å². The summed E-state index contributed by atoms with van der Waals surface area (Å²) in [5.41, 5.74) is 4.52. The van der Waals surface area contributed by atoms with E-state index in [-0.39, 0.29) is 37.2 Å². The Labute approximate surface area is 186 Å². The van der Waals surface area contributed by atoms with Crippen LogP contribution in [0.5, 0.6) is 0 Å². The van der Waals surface area contributed by atoms with Crippen molar-refractivity contribution < 1.29 is 24.2 Å². The fourth-order valence-electron chi connectivity index (χ4n) is 4.52. The zero-order valence-electron chi connectivity index (χ0n) is 17.7. The fraction of sp³-hybridized carbons (Fsp3) is 0.320. The van der Waals surface area contributed by atoms with E-state index in [1.807, 2.05) is 36.4 Å². The lowest BCUT2D eigenvalue weighted by atomic mass is 9.95. The number of hydrogen-bond acceptors (Lipinski definition) is 4. The highest BCUT2D eigenvalue weighted by atomic mass is 16.5. The summed E-state index contributed by atoms with van der Waals surface area (Å²) >= 11 is 0. The van der Waals surface area contributed by atoms with Crippen LogP contribution in [0.2, 0.25) is 0 Å².